The van der Waals surface area contributed by atoms with Gasteiger partial charge in [0.2, 0.25) is 0 Å². The van der Waals surface area contributed by atoms with Crippen LogP contribution < -0.4 is 16.8 Å². The molecule has 0 amide bonds. The van der Waals surface area contributed by atoms with Crippen LogP contribution in [0.2, 0.25) is 5.02 Å². The Bertz CT molecular complexity index is 1460. The van der Waals surface area contributed by atoms with Crippen LogP contribution in [0, 0.1) is 11.6 Å². The molecule has 0 bridgehead atoms. The second-order valence-electron chi connectivity index (χ2n) is 7.85. The number of fused-ring (bicyclic) bond motifs is 4. The first-order chi connectivity index (χ1) is 16.4. The van der Waals surface area contributed by atoms with Crippen molar-refractivity contribution in [3.05, 3.63) is 82.0 Å². The lowest BCUT2D eigenvalue weighted by Gasteiger charge is -2.30. The monoisotopic (exact) mass is 496 g/mol. The number of nitrogen functional groups attached to an aromatic ring is 1. The third kappa shape index (κ3) is 3.91. The van der Waals surface area contributed by atoms with Gasteiger partial charge in [-0.25, -0.2) is 18.7 Å². The first-order valence-electron chi connectivity index (χ1n) is 10.3. The van der Waals surface area contributed by atoms with Gasteiger partial charge in [-0.3, -0.25) is 0 Å². The number of hydrogen-bond donors (Lipinski definition) is 3. The molecule has 1 aliphatic heterocycles. The topological polar surface area (TPSA) is 102 Å². The van der Waals surface area contributed by atoms with Gasteiger partial charge in [0, 0.05) is 23.6 Å². The summed E-state index contributed by atoms with van der Waals surface area (Å²) in [7, 11) is 0. The van der Waals surface area contributed by atoms with Crippen LogP contribution in [0.15, 0.2) is 52.9 Å². The normalized spacial score (nSPS) is 15.1. The number of anilines is 2. The van der Waals surface area contributed by atoms with Gasteiger partial charge in [0.05, 0.1) is 44.7 Å². The molecule has 172 valence electrons. The molecule has 1 aliphatic rings. The standard InChI is InChI=1S/C24H19ClF2N6S/c1-34-33-24(29)19-14(25)10-17-20(21(19)28)23-22(31-15-4-2-3-5-16(15)32-23)18(30-17)8-11-6-12(26)9-13(27)7-11/h2-7,9-10,18,30H,8,28H2,1H3,(H2,29,33). The average Bonchev–Trinajstić information content (AvgIpc) is 2.77. The van der Waals surface area contributed by atoms with Gasteiger partial charge < -0.3 is 16.8 Å². The molecule has 10 heteroatoms. The molecule has 0 fully saturated rings. The molecule has 0 spiro atoms. The summed E-state index contributed by atoms with van der Waals surface area (Å²) in [5.41, 5.74) is 17.7. The Labute approximate surface area is 203 Å². The van der Waals surface area contributed by atoms with Crippen LogP contribution >= 0.6 is 23.5 Å². The molecule has 0 radical (unpaired) electrons. The fourth-order valence-electron chi connectivity index (χ4n) is 4.25. The highest BCUT2D eigenvalue weighted by atomic mass is 35.5. The molecule has 1 unspecified atom stereocenters. The highest BCUT2D eigenvalue weighted by molar-refractivity contribution is 7.97. The van der Waals surface area contributed by atoms with Crippen molar-refractivity contribution in [3.63, 3.8) is 0 Å². The van der Waals surface area contributed by atoms with E-state index in [-0.39, 0.29) is 12.3 Å². The Balaban J connectivity index is 1.73. The molecule has 5 N–H and O–H groups in total. The summed E-state index contributed by atoms with van der Waals surface area (Å²) in [6.45, 7) is 0. The van der Waals surface area contributed by atoms with Crippen LogP contribution in [-0.2, 0) is 6.42 Å². The molecule has 34 heavy (non-hydrogen) atoms. The van der Waals surface area contributed by atoms with Crippen LogP contribution in [0.3, 0.4) is 0 Å². The average molecular weight is 497 g/mol. The van der Waals surface area contributed by atoms with E-state index in [1.165, 1.54) is 24.1 Å². The van der Waals surface area contributed by atoms with E-state index in [1.807, 2.05) is 24.3 Å². The number of aromatic nitrogens is 2. The van der Waals surface area contributed by atoms with Crippen LogP contribution in [-0.4, -0.2) is 22.1 Å². The van der Waals surface area contributed by atoms with Crippen LogP contribution in [0.4, 0.5) is 20.2 Å². The smallest absolute Gasteiger partial charge is 0.142 e. The number of amidine groups is 1. The van der Waals surface area contributed by atoms with Gasteiger partial charge in [0.1, 0.15) is 17.5 Å². The Hall–Kier alpha value is -3.43. The third-order valence-corrected chi connectivity index (χ3v) is 6.30. The third-order valence-electron chi connectivity index (χ3n) is 5.62. The maximum atomic E-state index is 13.9. The van der Waals surface area contributed by atoms with E-state index in [2.05, 4.69) is 9.71 Å². The lowest BCUT2D eigenvalue weighted by atomic mass is 9.90. The molecule has 3 aromatic carbocycles. The zero-order chi connectivity index (χ0) is 24.0. The van der Waals surface area contributed by atoms with Gasteiger partial charge in [-0.15, -0.1) is 0 Å². The number of hydrogen-bond acceptors (Lipinski definition) is 6. The Morgan fingerprint density at radius 3 is 2.47 bits per heavy atom. The molecular formula is C24H19ClF2N6S. The fourth-order valence-corrected chi connectivity index (χ4v) is 4.85. The van der Waals surface area contributed by atoms with Crippen molar-refractivity contribution in [2.45, 2.75) is 12.5 Å². The van der Waals surface area contributed by atoms with Crippen molar-refractivity contribution in [1.29, 1.82) is 0 Å². The number of nitrogens with two attached hydrogens (primary N) is 2. The Morgan fingerprint density at radius 1 is 1.12 bits per heavy atom. The van der Waals surface area contributed by atoms with E-state index in [1.54, 1.807) is 12.3 Å². The van der Waals surface area contributed by atoms with Crippen LogP contribution in [0.25, 0.3) is 22.3 Å². The van der Waals surface area contributed by atoms with E-state index in [9.17, 15) is 8.78 Å². The van der Waals surface area contributed by atoms with Gasteiger partial charge in [0.15, 0.2) is 0 Å². The molecule has 1 aromatic heterocycles. The predicted molar refractivity (Wildman–Crippen MR) is 135 cm³/mol. The summed E-state index contributed by atoms with van der Waals surface area (Å²) >= 11 is 7.74. The molecule has 0 aliphatic carbocycles. The van der Waals surface area contributed by atoms with Crippen LogP contribution in [0.1, 0.15) is 22.9 Å². The second kappa shape index (κ2) is 8.73. The minimum atomic E-state index is -0.642. The molecule has 4 aromatic rings. The molecule has 1 atom stereocenters. The largest absolute Gasteiger partial charge is 0.397 e. The maximum absolute atomic E-state index is 13.9. The SMILES string of the molecule is CS/N=C(\N)c1c(Cl)cc2c(c1N)-c1nc3ccccc3nc1C(Cc1cc(F)cc(F)c1)N2. The number of rotatable bonds is 4. The highest BCUT2D eigenvalue weighted by Gasteiger charge is 2.32. The van der Waals surface area contributed by atoms with Crippen molar-refractivity contribution in [2.75, 3.05) is 17.3 Å². The van der Waals surface area contributed by atoms with Crippen molar-refractivity contribution in [3.8, 4) is 11.3 Å². The van der Waals surface area contributed by atoms with E-state index in [4.69, 9.17) is 33.0 Å². The second-order valence-corrected chi connectivity index (χ2v) is 8.81. The fraction of sp³-hybridized carbons (Fsp3) is 0.125. The quantitative estimate of drug-likeness (QED) is 0.149. The number of nitrogens with one attached hydrogen (secondary N) is 1. The minimum absolute atomic E-state index is 0.199. The van der Waals surface area contributed by atoms with Crippen molar-refractivity contribution >= 4 is 51.8 Å². The van der Waals surface area contributed by atoms with E-state index in [0.29, 0.717) is 55.5 Å². The van der Waals surface area contributed by atoms with Gasteiger partial charge in [-0.05, 0) is 54.3 Å². The summed E-state index contributed by atoms with van der Waals surface area (Å²) in [6, 6.07) is 12.2. The zero-order valence-electron chi connectivity index (χ0n) is 17.9. The molecule has 2 heterocycles. The summed E-state index contributed by atoms with van der Waals surface area (Å²) in [5.74, 6) is -1.08. The number of halogens is 3. The summed E-state index contributed by atoms with van der Waals surface area (Å²) in [6.07, 6.45) is 2.05. The molecule has 0 saturated heterocycles. The van der Waals surface area contributed by atoms with E-state index in [0.717, 1.165) is 6.07 Å². The predicted octanol–water partition coefficient (Wildman–Crippen LogP) is 5.50. The van der Waals surface area contributed by atoms with E-state index < -0.39 is 17.7 Å². The van der Waals surface area contributed by atoms with Crippen molar-refractivity contribution < 1.29 is 8.78 Å². The van der Waals surface area contributed by atoms with E-state index >= 15 is 0 Å². The van der Waals surface area contributed by atoms with Gasteiger partial charge >= 0.3 is 0 Å². The first kappa shape index (κ1) is 22.4. The number of para-hydroxylation sites is 2. The lowest BCUT2D eigenvalue weighted by Crippen LogP contribution is -2.24. The zero-order valence-corrected chi connectivity index (χ0v) is 19.5. The first-order valence-corrected chi connectivity index (χ1v) is 11.9. The van der Waals surface area contributed by atoms with Crippen LogP contribution in [0.5, 0.6) is 0 Å². The van der Waals surface area contributed by atoms with Gasteiger partial charge in [-0.2, -0.15) is 4.40 Å². The van der Waals surface area contributed by atoms with Crippen molar-refractivity contribution in [2.24, 2.45) is 10.1 Å². The van der Waals surface area contributed by atoms with Crippen molar-refractivity contribution in [1.82, 2.24) is 9.97 Å². The summed E-state index contributed by atoms with van der Waals surface area (Å²) in [4.78, 5) is 9.71. The molecule has 5 rings (SSSR count). The lowest BCUT2D eigenvalue weighted by molar-refractivity contribution is 0.577. The number of nitrogens with zero attached hydrogens (tertiary/aromatic N) is 3. The Morgan fingerprint density at radius 2 is 1.79 bits per heavy atom. The highest BCUT2D eigenvalue weighted by Crippen LogP contribution is 2.46. The summed E-state index contributed by atoms with van der Waals surface area (Å²) in [5, 5.41) is 3.71. The Kier molecular flexibility index (Phi) is 5.75. The summed E-state index contributed by atoms with van der Waals surface area (Å²) < 4.78 is 31.9. The van der Waals surface area contributed by atoms with Gasteiger partial charge in [0.25, 0.3) is 0 Å². The molecule has 6 nitrogen and oxygen atoms in total. The maximum Gasteiger partial charge on any atom is 0.142 e. The molecular weight excluding hydrogens is 478 g/mol. The minimum Gasteiger partial charge on any atom is -0.397 e. The van der Waals surface area contributed by atoms with Gasteiger partial charge in [-0.1, -0.05) is 23.7 Å². The number of benzene rings is 3. The molecule has 0 saturated carbocycles.